The molecule has 20 heavy (non-hydrogen) atoms. The van der Waals surface area contributed by atoms with Crippen LogP contribution >= 0.6 is 11.6 Å². The first-order valence-electron chi connectivity index (χ1n) is 7.59. The number of fused-ring (bicyclic) bond motifs is 1. The summed E-state index contributed by atoms with van der Waals surface area (Å²) in [5.41, 5.74) is 1.30. The zero-order valence-electron chi connectivity index (χ0n) is 12.0. The minimum atomic E-state index is 0.574. The number of nitrogens with one attached hydrogen (secondary N) is 1. The number of halogens is 1. The number of rotatable bonds is 3. The van der Waals surface area contributed by atoms with Gasteiger partial charge in [0.1, 0.15) is 13.2 Å². The van der Waals surface area contributed by atoms with Crippen molar-refractivity contribution in [2.24, 2.45) is 5.92 Å². The van der Waals surface area contributed by atoms with Crippen LogP contribution in [-0.2, 0) is 0 Å². The molecule has 1 aromatic carbocycles. The molecule has 1 saturated heterocycles. The first kappa shape index (κ1) is 14.0. The van der Waals surface area contributed by atoms with Crippen LogP contribution in [0.25, 0.3) is 0 Å². The Morgan fingerprint density at radius 1 is 1.30 bits per heavy atom. The van der Waals surface area contributed by atoms with Crippen molar-refractivity contribution in [3.05, 3.63) is 22.7 Å². The molecule has 0 saturated carbocycles. The van der Waals surface area contributed by atoms with E-state index in [-0.39, 0.29) is 0 Å². The van der Waals surface area contributed by atoms with E-state index in [4.69, 9.17) is 21.1 Å². The zero-order valence-corrected chi connectivity index (χ0v) is 12.7. The number of hydrogen-bond donors (Lipinski definition) is 1. The molecule has 0 radical (unpaired) electrons. The second-order valence-electron chi connectivity index (χ2n) is 5.67. The van der Waals surface area contributed by atoms with Crippen molar-refractivity contribution in [2.75, 3.05) is 26.3 Å². The Kier molecular flexibility index (Phi) is 4.37. The van der Waals surface area contributed by atoms with E-state index in [1.54, 1.807) is 0 Å². The molecule has 0 aliphatic carbocycles. The molecule has 110 valence electrons. The molecule has 2 aliphatic heterocycles. The maximum Gasteiger partial charge on any atom is 0.179 e. The van der Waals surface area contributed by atoms with E-state index in [1.165, 1.54) is 24.8 Å². The Hall–Kier alpha value is -0.930. The van der Waals surface area contributed by atoms with E-state index in [0.29, 0.717) is 35.8 Å². The molecular weight excluding hydrogens is 274 g/mol. The van der Waals surface area contributed by atoms with Crippen LogP contribution in [0.2, 0.25) is 5.02 Å². The summed E-state index contributed by atoms with van der Waals surface area (Å²) in [5, 5.41) is 4.19. The molecule has 4 heteroatoms. The van der Waals surface area contributed by atoms with Crippen LogP contribution in [0.4, 0.5) is 0 Å². The van der Waals surface area contributed by atoms with E-state index >= 15 is 0 Å². The van der Waals surface area contributed by atoms with Crippen molar-refractivity contribution in [2.45, 2.75) is 32.1 Å². The highest BCUT2D eigenvalue weighted by molar-refractivity contribution is 6.32. The maximum atomic E-state index is 6.37. The van der Waals surface area contributed by atoms with E-state index in [0.717, 1.165) is 18.8 Å². The third-order valence-electron chi connectivity index (χ3n) is 4.31. The van der Waals surface area contributed by atoms with Gasteiger partial charge in [-0.05, 0) is 55.5 Å². The molecular formula is C16H22ClNO2. The molecule has 1 fully saturated rings. The van der Waals surface area contributed by atoms with Gasteiger partial charge in [0.15, 0.2) is 11.5 Å². The summed E-state index contributed by atoms with van der Waals surface area (Å²) in [7, 11) is 0. The van der Waals surface area contributed by atoms with E-state index < -0.39 is 0 Å². The Morgan fingerprint density at radius 2 is 2.15 bits per heavy atom. The van der Waals surface area contributed by atoms with Crippen LogP contribution in [0.5, 0.6) is 11.5 Å². The van der Waals surface area contributed by atoms with Gasteiger partial charge in [0.05, 0.1) is 5.02 Å². The van der Waals surface area contributed by atoms with Gasteiger partial charge in [0.2, 0.25) is 0 Å². The Morgan fingerprint density at radius 3 is 3.00 bits per heavy atom. The lowest BCUT2D eigenvalue weighted by molar-refractivity contribution is 0.171. The molecule has 2 atom stereocenters. The molecule has 0 amide bonds. The second-order valence-corrected chi connectivity index (χ2v) is 6.08. The lowest BCUT2D eigenvalue weighted by Gasteiger charge is -2.33. The Balaban J connectivity index is 1.90. The summed E-state index contributed by atoms with van der Waals surface area (Å²) in [6.45, 7) is 5.62. The highest BCUT2D eigenvalue weighted by Crippen LogP contribution is 2.43. The highest BCUT2D eigenvalue weighted by atomic mass is 35.5. The minimum absolute atomic E-state index is 0.574. The van der Waals surface area contributed by atoms with Crippen molar-refractivity contribution in [1.29, 1.82) is 0 Å². The van der Waals surface area contributed by atoms with Crippen LogP contribution in [-0.4, -0.2) is 26.3 Å². The molecule has 0 spiro atoms. The summed E-state index contributed by atoms with van der Waals surface area (Å²) < 4.78 is 11.3. The summed E-state index contributed by atoms with van der Waals surface area (Å²) in [5.74, 6) is 2.78. The van der Waals surface area contributed by atoms with Crippen LogP contribution in [0.15, 0.2) is 12.1 Å². The van der Waals surface area contributed by atoms with Crippen molar-refractivity contribution in [3.8, 4) is 11.5 Å². The average molecular weight is 296 g/mol. The van der Waals surface area contributed by atoms with E-state index in [9.17, 15) is 0 Å². The number of ether oxygens (including phenoxy) is 2. The van der Waals surface area contributed by atoms with Crippen LogP contribution < -0.4 is 14.8 Å². The first-order valence-corrected chi connectivity index (χ1v) is 7.97. The van der Waals surface area contributed by atoms with Gasteiger partial charge in [-0.3, -0.25) is 0 Å². The zero-order chi connectivity index (χ0) is 13.9. The van der Waals surface area contributed by atoms with Gasteiger partial charge in [-0.2, -0.15) is 0 Å². The summed E-state index contributed by atoms with van der Waals surface area (Å²) in [4.78, 5) is 0. The molecule has 0 bridgehead atoms. The predicted molar refractivity (Wildman–Crippen MR) is 81.1 cm³/mol. The highest BCUT2D eigenvalue weighted by Gasteiger charge is 2.28. The van der Waals surface area contributed by atoms with Gasteiger partial charge in [-0.15, -0.1) is 0 Å². The predicted octanol–water partition coefficient (Wildman–Crippen LogP) is 3.60. The van der Waals surface area contributed by atoms with E-state index in [2.05, 4.69) is 24.4 Å². The van der Waals surface area contributed by atoms with Gasteiger partial charge >= 0.3 is 0 Å². The Bertz CT molecular complexity index is 476. The standard InChI is InChI=1S/C16H22ClNO2/c1-2-3-11-10-18-5-4-13(11)12-8-14(17)16-15(9-12)19-6-7-20-16/h8-9,11,13,18H,2-7,10H2,1H3. The smallest absolute Gasteiger partial charge is 0.179 e. The van der Waals surface area contributed by atoms with Crippen LogP contribution in [0, 0.1) is 5.92 Å². The second kappa shape index (κ2) is 6.23. The fourth-order valence-electron chi connectivity index (χ4n) is 3.38. The number of benzene rings is 1. The van der Waals surface area contributed by atoms with Crippen LogP contribution in [0.3, 0.4) is 0 Å². The molecule has 2 unspecified atom stereocenters. The van der Waals surface area contributed by atoms with E-state index in [1.807, 2.05) is 0 Å². The summed E-state index contributed by atoms with van der Waals surface area (Å²) >= 11 is 6.37. The lowest BCUT2D eigenvalue weighted by Crippen LogP contribution is -2.35. The Labute approximate surface area is 125 Å². The molecule has 2 heterocycles. The van der Waals surface area contributed by atoms with Crippen molar-refractivity contribution < 1.29 is 9.47 Å². The monoisotopic (exact) mass is 295 g/mol. The van der Waals surface area contributed by atoms with Crippen molar-refractivity contribution in [3.63, 3.8) is 0 Å². The van der Waals surface area contributed by atoms with Crippen LogP contribution in [0.1, 0.15) is 37.7 Å². The number of piperidine rings is 1. The molecule has 0 aromatic heterocycles. The quantitative estimate of drug-likeness (QED) is 0.924. The first-order chi connectivity index (χ1) is 9.79. The maximum absolute atomic E-state index is 6.37. The molecule has 2 aliphatic rings. The number of hydrogen-bond acceptors (Lipinski definition) is 3. The van der Waals surface area contributed by atoms with Gasteiger partial charge < -0.3 is 14.8 Å². The fraction of sp³-hybridized carbons (Fsp3) is 0.625. The van der Waals surface area contributed by atoms with Crippen molar-refractivity contribution >= 4 is 11.6 Å². The summed E-state index contributed by atoms with van der Waals surface area (Å²) in [6, 6.07) is 4.22. The summed E-state index contributed by atoms with van der Waals surface area (Å²) in [6.07, 6.45) is 3.64. The van der Waals surface area contributed by atoms with Crippen molar-refractivity contribution in [1.82, 2.24) is 5.32 Å². The normalized spacial score (nSPS) is 25.5. The SMILES string of the molecule is CCCC1CNCCC1c1cc(Cl)c2c(c1)OCCO2. The fourth-order valence-corrected chi connectivity index (χ4v) is 3.65. The molecule has 1 N–H and O–H groups in total. The lowest BCUT2D eigenvalue weighted by atomic mass is 9.79. The molecule has 3 nitrogen and oxygen atoms in total. The molecule has 1 aromatic rings. The average Bonchev–Trinajstić information content (AvgIpc) is 2.48. The van der Waals surface area contributed by atoms with Gasteiger partial charge in [-0.1, -0.05) is 24.9 Å². The van der Waals surface area contributed by atoms with Gasteiger partial charge in [0.25, 0.3) is 0 Å². The third kappa shape index (κ3) is 2.75. The van der Waals surface area contributed by atoms with Gasteiger partial charge in [0, 0.05) is 0 Å². The topological polar surface area (TPSA) is 30.5 Å². The third-order valence-corrected chi connectivity index (χ3v) is 4.60. The minimum Gasteiger partial charge on any atom is -0.486 e. The van der Waals surface area contributed by atoms with Gasteiger partial charge in [-0.25, -0.2) is 0 Å². The molecule has 3 rings (SSSR count). The largest absolute Gasteiger partial charge is 0.486 e.